The van der Waals surface area contributed by atoms with Gasteiger partial charge in [0.25, 0.3) is 0 Å². The number of hydrogen-bond donors (Lipinski definition) is 1. The van der Waals surface area contributed by atoms with E-state index >= 15 is 0 Å². The van der Waals surface area contributed by atoms with Crippen LogP contribution in [0.3, 0.4) is 0 Å². The van der Waals surface area contributed by atoms with Gasteiger partial charge in [-0.15, -0.1) is 0 Å². The number of ether oxygens (including phenoxy) is 3. The lowest BCUT2D eigenvalue weighted by molar-refractivity contribution is -0.203. The summed E-state index contributed by atoms with van der Waals surface area (Å²) in [5, 5.41) is 10.4. The first-order valence-corrected chi connectivity index (χ1v) is 12.4. The summed E-state index contributed by atoms with van der Waals surface area (Å²) >= 11 is 0. The van der Waals surface area contributed by atoms with Crippen molar-refractivity contribution in [1.82, 2.24) is 0 Å². The summed E-state index contributed by atoms with van der Waals surface area (Å²) in [6, 6.07) is 0. The van der Waals surface area contributed by atoms with Crippen molar-refractivity contribution in [2.75, 3.05) is 7.11 Å². The molecular weight excluding hydrogens is 424 g/mol. The SMILES string of the molecule is COC(=O)[C@@H]1C=C2C[C@@H](O)CC[C@]2(C)C2C1C1CC[C@@]3(CCC(=O)O3)[C@@]1(C)C[C@H]2OC(C)=O. The van der Waals surface area contributed by atoms with Crippen molar-refractivity contribution in [3.63, 3.8) is 0 Å². The van der Waals surface area contributed by atoms with Crippen molar-refractivity contribution in [2.24, 2.45) is 34.5 Å². The number of carbonyl (C=O) groups is 3. The minimum absolute atomic E-state index is 0.0525. The van der Waals surface area contributed by atoms with Crippen LogP contribution in [0.1, 0.15) is 72.1 Å². The molecule has 7 heteroatoms. The number of esters is 3. The molecule has 3 unspecified atom stereocenters. The molecule has 0 aromatic rings. The Morgan fingerprint density at radius 2 is 1.94 bits per heavy atom. The molecule has 4 aliphatic carbocycles. The third-order valence-corrected chi connectivity index (χ3v) is 10.2. The summed E-state index contributed by atoms with van der Waals surface area (Å²) in [6.07, 6.45) is 6.60. The van der Waals surface area contributed by atoms with Crippen LogP contribution >= 0.6 is 0 Å². The van der Waals surface area contributed by atoms with Crippen LogP contribution in [0, 0.1) is 34.5 Å². The van der Waals surface area contributed by atoms with Crippen molar-refractivity contribution in [2.45, 2.75) is 89.9 Å². The number of aliphatic hydroxyl groups excluding tert-OH is 1. The second-order valence-corrected chi connectivity index (χ2v) is 11.5. The van der Waals surface area contributed by atoms with E-state index in [0.717, 1.165) is 24.8 Å². The molecule has 5 aliphatic rings. The average Bonchev–Trinajstić information content (AvgIpc) is 3.27. The Balaban J connectivity index is 1.66. The summed E-state index contributed by atoms with van der Waals surface area (Å²) < 4.78 is 17.4. The van der Waals surface area contributed by atoms with E-state index in [-0.39, 0.29) is 52.6 Å². The number of methoxy groups -OCH3 is 1. The Kier molecular flexibility index (Phi) is 5.24. The molecular formula is C26H36O7. The van der Waals surface area contributed by atoms with Gasteiger partial charge in [0.1, 0.15) is 11.7 Å². The van der Waals surface area contributed by atoms with E-state index in [0.29, 0.717) is 32.1 Å². The molecule has 3 saturated carbocycles. The first-order chi connectivity index (χ1) is 15.5. The van der Waals surface area contributed by atoms with Crippen LogP contribution in [0.15, 0.2) is 11.6 Å². The highest BCUT2D eigenvalue weighted by Gasteiger charge is 2.71. The molecule has 4 fully saturated rings. The van der Waals surface area contributed by atoms with Crippen LogP contribution < -0.4 is 0 Å². The Bertz CT molecular complexity index is 910. The van der Waals surface area contributed by atoms with Gasteiger partial charge in [-0.1, -0.05) is 25.5 Å². The number of fused-ring (bicyclic) bond motifs is 6. The minimum atomic E-state index is -0.563. The van der Waals surface area contributed by atoms with Gasteiger partial charge in [-0.2, -0.15) is 0 Å². The van der Waals surface area contributed by atoms with Gasteiger partial charge in [-0.25, -0.2) is 0 Å². The highest BCUT2D eigenvalue weighted by molar-refractivity contribution is 5.76. The normalized spacial score (nSPS) is 48.3. The molecule has 1 saturated heterocycles. The largest absolute Gasteiger partial charge is 0.469 e. The Labute approximate surface area is 195 Å². The van der Waals surface area contributed by atoms with Crippen LogP contribution in [-0.4, -0.2) is 47.9 Å². The predicted molar refractivity (Wildman–Crippen MR) is 118 cm³/mol. The van der Waals surface area contributed by atoms with Gasteiger partial charge < -0.3 is 19.3 Å². The molecule has 0 aromatic carbocycles. The lowest BCUT2D eigenvalue weighted by Gasteiger charge is -2.62. The highest BCUT2D eigenvalue weighted by Crippen LogP contribution is 2.70. The predicted octanol–water partition coefficient (Wildman–Crippen LogP) is 3.33. The zero-order valence-corrected chi connectivity index (χ0v) is 20.1. The van der Waals surface area contributed by atoms with Crippen LogP contribution in [0.25, 0.3) is 0 Å². The first-order valence-electron chi connectivity index (χ1n) is 12.4. The van der Waals surface area contributed by atoms with E-state index in [9.17, 15) is 19.5 Å². The fourth-order valence-electron chi connectivity index (χ4n) is 8.71. The fraction of sp³-hybridized carbons (Fsp3) is 0.808. The van der Waals surface area contributed by atoms with Gasteiger partial charge >= 0.3 is 17.9 Å². The maximum atomic E-state index is 13.1. The van der Waals surface area contributed by atoms with Crippen molar-refractivity contribution < 1.29 is 33.7 Å². The molecule has 33 heavy (non-hydrogen) atoms. The monoisotopic (exact) mass is 460 g/mol. The van der Waals surface area contributed by atoms with Crippen molar-refractivity contribution >= 4 is 17.9 Å². The number of aliphatic hydroxyl groups is 1. The molecule has 1 N–H and O–H groups in total. The maximum absolute atomic E-state index is 13.1. The molecule has 7 nitrogen and oxygen atoms in total. The lowest BCUT2D eigenvalue weighted by atomic mass is 9.44. The van der Waals surface area contributed by atoms with Crippen LogP contribution in [0.2, 0.25) is 0 Å². The van der Waals surface area contributed by atoms with E-state index in [4.69, 9.17) is 14.2 Å². The van der Waals surface area contributed by atoms with Crippen LogP contribution in [0.5, 0.6) is 0 Å². The standard InChI is InChI=1S/C26H36O7/c1-14(27)32-19-13-25(3)18(6-9-26(25)10-7-20(29)33-26)21-17(23(30)31-4)12-15-11-16(28)5-8-24(15,2)22(19)21/h12,16-19,21-22,28H,5-11,13H2,1-4H3/t16-,17+,18?,19+,21?,22?,24-,25-,26+/m0/s1. The Morgan fingerprint density at radius 3 is 2.58 bits per heavy atom. The Morgan fingerprint density at radius 1 is 1.18 bits per heavy atom. The summed E-state index contributed by atoms with van der Waals surface area (Å²) in [5.74, 6) is -1.23. The average molecular weight is 461 g/mol. The number of hydrogen-bond acceptors (Lipinski definition) is 7. The smallest absolute Gasteiger partial charge is 0.312 e. The molecule has 5 rings (SSSR count). The molecule has 182 valence electrons. The highest BCUT2D eigenvalue weighted by atomic mass is 16.6. The molecule has 9 atom stereocenters. The van der Waals surface area contributed by atoms with Gasteiger partial charge in [0.15, 0.2) is 0 Å². The molecule has 1 aliphatic heterocycles. The van der Waals surface area contributed by atoms with Gasteiger partial charge in [-0.3, -0.25) is 14.4 Å². The minimum Gasteiger partial charge on any atom is -0.469 e. The topological polar surface area (TPSA) is 99.1 Å². The molecule has 0 radical (unpaired) electrons. The summed E-state index contributed by atoms with van der Waals surface area (Å²) in [5.41, 5.74) is -0.133. The second-order valence-electron chi connectivity index (χ2n) is 11.5. The third-order valence-electron chi connectivity index (χ3n) is 10.2. The number of carbonyl (C=O) groups excluding carboxylic acids is 3. The second kappa shape index (κ2) is 7.56. The van der Waals surface area contributed by atoms with Crippen LogP contribution in [-0.2, 0) is 28.6 Å². The molecule has 0 bridgehead atoms. The van der Waals surface area contributed by atoms with Crippen molar-refractivity contribution in [3.05, 3.63) is 11.6 Å². The van der Waals surface area contributed by atoms with E-state index in [1.54, 1.807) is 0 Å². The maximum Gasteiger partial charge on any atom is 0.312 e. The molecule has 1 heterocycles. The quantitative estimate of drug-likeness (QED) is 0.383. The summed E-state index contributed by atoms with van der Waals surface area (Å²) in [7, 11) is 1.42. The molecule has 0 aromatic heterocycles. The van der Waals surface area contributed by atoms with E-state index in [1.807, 2.05) is 0 Å². The van der Waals surface area contributed by atoms with E-state index < -0.39 is 17.6 Å². The zero-order valence-electron chi connectivity index (χ0n) is 20.1. The van der Waals surface area contributed by atoms with Crippen LogP contribution in [0.4, 0.5) is 0 Å². The van der Waals surface area contributed by atoms with Gasteiger partial charge in [0.05, 0.1) is 19.1 Å². The lowest BCUT2D eigenvalue weighted by Crippen LogP contribution is -2.62. The third kappa shape index (κ3) is 3.14. The van der Waals surface area contributed by atoms with Gasteiger partial charge in [0.2, 0.25) is 0 Å². The van der Waals surface area contributed by atoms with E-state index in [1.165, 1.54) is 14.0 Å². The fourth-order valence-corrected chi connectivity index (χ4v) is 8.71. The molecule has 1 spiro atoms. The number of rotatable bonds is 2. The Hall–Kier alpha value is -1.89. The molecule has 0 amide bonds. The zero-order chi connectivity index (χ0) is 23.8. The van der Waals surface area contributed by atoms with Crippen molar-refractivity contribution in [3.8, 4) is 0 Å². The first kappa shape index (κ1) is 22.9. The van der Waals surface area contributed by atoms with Gasteiger partial charge in [0, 0.05) is 24.7 Å². The van der Waals surface area contributed by atoms with Crippen molar-refractivity contribution in [1.29, 1.82) is 0 Å². The summed E-state index contributed by atoms with van der Waals surface area (Å²) in [4.78, 5) is 37.7. The van der Waals surface area contributed by atoms with Gasteiger partial charge in [-0.05, 0) is 62.2 Å². The summed E-state index contributed by atoms with van der Waals surface area (Å²) in [6.45, 7) is 5.83. The van der Waals surface area contributed by atoms with E-state index in [2.05, 4.69) is 19.9 Å².